The molecule has 1 aliphatic rings. The van der Waals surface area contributed by atoms with E-state index in [1.54, 1.807) is 38.4 Å². The molecule has 0 aromatic carbocycles. The molecule has 0 radical (unpaired) electrons. The number of aryl methyl sites for hydroxylation is 2. The lowest BCUT2D eigenvalue weighted by Crippen LogP contribution is -2.26. The highest BCUT2D eigenvalue weighted by Crippen LogP contribution is 2.32. The summed E-state index contributed by atoms with van der Waals surface area (Å²) in [7, 11) is 0. The number of hydrogen-bond donors (Lipinski definition) is 2. The molecule has 0 bridgehead atoms. The first-order valence-electron chi connectivity index (χ1n) is 10.6. The van der Waals surface area contributed by atoms with Gasteiger partial charge in [0.25, 0.3) is 0 Å². The number of fused-ring (bicyclic) bond motifs is 3. The Labute approximate surface area is 186 Å². The molecule has 1 aliphatic carbocycles. The van der Waals surface area contributed by atoms with Crippen LogP contribution in [0.5, 0.6) is 0 Å². The second-order valence-corrected chi connectivity index (χ2v) is 8.22. The fourth-order valence-corrected chi connectivity index (χ4v) is 3.97. The number of furan rings is 1. The fourth-order valence-electron chi connectivity index (χ4n) is 3.97. The van der Waals surface area contributed by atoms with E-state index in [1.807, 2.05) is 0 Å². The van der Waals surface area contributed by atoms with Crippen molar-refractivity contribution in [3.63, 3.8) is 0 Å². The largest absolute Gasteiger partial charge is 0.508 e. The predicted molar refractivity (Wildman–Crippen MR) is 119 cm³/mol. The number of aliphatic hydroxyl groups is 1. The van der Waals surface area contributed by atoms with Crippen molar-refractivity contribution in [1.29, 1.82) is 0 Å². The van der Waals surface area contributed by atoms with Crippen molar-refractivity contribution in [2.75, 3.05) is 5.73 Å². The van der Waals surface area contributed by atoms with Crippen LogP contribution in [0, 0.1) is 5.92 Å². The molecule has 6 rings (SSSR count). The summed E-state index contributed by atoms with van der Waals surface area (Å²) in [4.78, 5) is 22.6. The minimum absolute atomic E-state index is 0.0598. The van der Waals surface area contributed by atoms with E-state index in [4.69, 9.17) is 10.2 Å². The number of nitrogen functional groups attached to an aromatic ring is 1. The van der Waals surface area contributed by atoms with Gasteiger partial charge in [-0.15, -0.1) is 5.10 Å². The molecule has 5 heterocycles. The third-order valence-corrected chi connectivity index (χ3v) is 5.85. The second kappa shape index (κ2) is 7.08. The van der Waals surface area contributed by atoms with Crippen LogP contribution in [-0.4, -0.2) is 43.6 Å². The molecule has 1 fully saturated rings. The Bertz CT molecular complexity index is 1560. The number of aliphatic hydroxyl groups excluding tert-OH is 1. The first-order valence-corrected chi connectivity index (χ1v) is 10.6. The summed E-state index contributed by atoms with van der Waals surface area (Å²) in [6.07, 6.45) is 6.91. The van der Waals surface area contributed by atoms with Crippen LogP contribution < -0.4 is 11.4 Å². The number of hydrogen-bond acceptors (Lipinski definition) is 8. The number of nitrogens with zero attached hydrogens (tertiary/aromatic N) is 8. The highest BCUT2D eigenvalue weighted by atomic mass is 16.3. The lowest BCUT2D eigenvalue weighted by atomic mass is 10.3. The van der Waals surface area contributed by atoms with Gasteiger partial charge in [0.1, 0.15) is 11.3 Å². The molecule has 0 aliphatic heterocycles. The summed E-state index contributed by atoms with van der Waals surface area (Å²) in [5.41, 5.74) is 8.05. The quantitative estimate of drug-likeness (QED) is 0.360. The Balaban J connectivity index is 1.49. The van der Waals surface area contributed by atoms with Gasteiger partial charge >= 0.3 is 5.69 Å². The molecule has 12 heteroatoms. The number of anilines is 1. The van der Waals surface area contributed by atoms with Crippen molar-refractivity contribution in [3.05, 3.63) is 53.4 Å². The molecular formula is C21H21N9O3. The monoisotopic (exact) mass is 447 g/mol. The minimum Gasteiger partial charge on any atom is -0.508 e. The molecule has 1 saturated carbocycles. The number of nitrogens with two attached hydrogens (primary N) is 1. The Morgan fingerprint density at radius 2 is 2.09 bits per heavy atom. The maximum Gasteiger partial charge on any atom is 0.330 e. The zero-order valence-electron chi connectivity index (χ0n) is 17.6. The van der Waals surface area contributed by atoms with Gasteiger partial charge in [0.05, 0.1) is 24.6 Å². The van der Waals surface area contributed by atoms with Crippen molar-refractivity contribution < 1.29 is 9.52 Å². The topological polar surface area (TPSA) is 147 Å². The molecule has 5 aromatic rings. The predicted octanol–water partition coefficient (Wildman–Crippen LogP) is 1.92. The van der Waals surface area contributed by atoms with Gasteiger partial charge in [-0.3, -0.25) is 13.8 Å². The third kappa shape index (κ3) is 3.18. The SMILES string of the molecule is C=C(O)c1cnn(CCn2c(=O)n(CC3CC3)c3c2nc(N)n2nc(-c4ccco4)nc32)c1. The number of rotatable bonds is 7. The molecule has 3 N–H and O–H groups in total. The average Bonchev–Trinajstić information content (AvgIpc) is 3.22. The maximum absolute atomic E-state index is 13.5. The number of aromatic nitrogens is 8. The number of imidazole rings is 1. The smallest absolute Gasteiger partial charge is 0.330 e. The van der Waals surface area contributed by atoms with E-state index in [2.05, 4.69) is 26.7 Å². The Morgan fingerprint density at radius 3 is 2.79 bits per heavy atom. The third-order valence-electron chi connectivity index (χ3n) is 5.85. The zero-order valence-corrected chi connectivity index (χ0v) is 17.6. The summed E-state index contributed by atoms with van der Waals surface area (Å²) >= 11 is 0. The van der Waals surface area contributed by atoms with Crippen LogP contribution >= 0.6 is 0 Å². The van der Waals surface area contributed by atoms with Gasteiger partial charge in [0.2, 0.25) is 11.8 Å². The Morgan fingerprint density at radius 1 is 1.24 bits per heavy atom. The van der Waals surface area contributed by atoms with Crippen LogP contribution in [0.15, 0.2) is 46.6 Å². The molecule has 0 spiro atoms. The van der Waals surface area contributed by atoms with Crippen molar-refractivity contribution in [1.82, 2.24) is 38.5 Å². The van der Waals surface area contributed by atoms with E-state index >= 15 is 0 Å². The minimum atomic E-state index is -0.182. The molecule has 0 amide bonds. The summed E-state index contributed by atoms with van der Waals surface area (Å²) in [6, 6.07) is 3.52. The molecule has 0 unspecified atom stereocenters. The molecule has 33 heavy (non-hydrogen) atoms. The van der Waals surface area contributed by atoms with E-state index in [9.17, 15) is 9.90 Å². The maximum atomic E-state index is 13.5. The van der Waals surface area contributed by atoms with Gasteiger partial charge in [0, 0.05) is 19.3 Å². The van der Waals surface area contributed by atoms with Crippen LogP contribution in [0.2, 0.25) is 0 Å². The Kier molecular flexibility index (Phi) is 4.15. The van der Waals surface area contributed by atoms with Crippen molar-refractivity contribution in [2.24, 2.45) is 5.92 Å². The molecule has 0 saturated heterocycles. The van der Waals surface area contributed by atoms with Gasteiger partial charge < -0.3 is 15.3 Å². The van der Waals surface area contributed by atoms with Gasteiger partial charge in [-0.2, -0.15) is 14.6 Å². The lowest BCUT2D eigenvalue weighted by Gasteiger charge is -2.04. The van der Waals surface area contributed by atoms with Crippen LogP contribution in [0.3, 0.4) is 0 Å². The van der Waals surface area contributed by atoms with E-state index in [0.717, 1.165) is 12.8 Å². The molecule has 0 atom stereocenters. The van der Waals surface area contributed by atoms with Crippen LogP contribution in [-0.2, 0) is 19.6 Å². The Hall–Kier alpha value is -4.35. The zero-order chi connectivity index (χ0) is 22.7. The highest BCUT2D eigenvalue weighted by Gasteiger charge is 2.28. The molecular weight excluding hydrogens is 426 g/mol. The second-order valence-electron chi connectivity index (χ2n) is 8.22. The molecule has 168 valence electrons. The van der Waals surface area contributed by atoms with Crippen molar-refractivity contribution >= 4 is 28.5 Å². The first-order chi connectivity index (χ1) is 16.0. The van der Waals surface area contributed by atoms with Crippen LogP contribution in [0.1, 0.15) is 18.4 Å². The van der Waals surface area contributed by atoms with E-state index in [-0.39, 0.29) is 17.4 Å². The summed E-state index contributed by atoms with van der Waals surface area (Å²) in [6.45, 7) is 4.80. The average molecular weight is 447 g/mol. The van der Waals surface area contributed by atoms with Gasteiger partial charge in [0.15, 0.2) is 17.1 Å². The van der Waals surface area contributed by atoms with Gasteiger partial charge in [-0.05, 0) is 30.9 Å². The van der Waals surface area contributed by atoms with Crippen molar-refractivity contribution in [2.45, 2.75) is 32.5 Å². The van der Waals surface area contributed by atoms with Gasteiger partial charge in [-0.25, -0.2) is 9.78 Å². The first kappa shape index (κ1) is 19.3. The van der Waals surface area contributed by atoms with E-state index in [1.165, 1.54) is 10.7 Å². The summed E-state index contributed by atoms with van der Waals surface area (Å²) in [5, 5.41) is 18.2. The molecule has 12 nitrogen and oxygen atoms in total. The summed E-state index contributed by atoms with van der Waals surface area (Å²) in [5.74, 6) is 1.39. The van der Waals surface area contributed by atoms with Crippen LogP contribution in [0.4, 0.5) is 5.95 Å². The van der Waals surface area contributed by atoms with Crippen molar-refractivity contribution in [3.8, 4) is 11.6 Å². The molecule has 5 aromatic heterocycles. The summed E-state index contributed by atoms with van der Waals surface area (Å²) < 4.78 is 11.8. The normalized spacial score (nSPS) is 13.9. The lowest BCUT2D eigenvalue weighted by molar-refractivity contribution is 0.509. The van der Waals surface area contributed by atoms with Crippen LogP contribution in [0.25, 0.3) is 34.2 Å². The van der Waals surface area contributed by atoms with E-state index < -0.39 is 0 Å². The highest BCUT2D eigenvalue weighted by molar-refractivity contribution is 5.88. The van der Waals surface area contributed by atoms with E-state index in [0.29, 0.717) is 59.5 Å². The fraction of sp³-hybridized carbons (Fsp3) is 0.286. The standard InChI is InChI=1S/C21H21N9O3/c1-12(31)14-9-23-27(11-14)6-7-28-18-16(29(21(28)32)10-13-4-5-13)19-24-17(15-3-2-8-33-15)26-30(19)20(22)25-18/h2-3,8-9,11,13,31H,1,4-7,10H2,(H2,22,25). The van der Waals surface area contributed by atoms with Gasteiger partial charge in [-0.1, -0.05) is 6.58 Å².